The summed E-state index contributed by atoms with van der Waals surface area (Å²) in [5.74, 6) is 0.436. The zero-order chi connectivity index (χ0) is 10.7. The maximum absolute atomic E-state index is 6.82. The average Bonchev–Trinajstić information content (AvgIpc) is 2.29. The molecule has 1 aromatic carbocycles. The fourth-order valence-corrected chi connectivity index (χ4v) is 1.45. The molecular formula is C13H10N2. The molecule has 0 N–H and O–H groups in total. The first-order valence-electron chi connectivity index (χ1n) is 4.70. The molecule has 2 aromatic rings. The van der Waals surface area contributed by atoms with Crippen molar-refractivity contribution in [2.24, 2.45) is 0 Å². The highest BCUT2D eigenvalue weighted by atomic mass is 14.8. The molecule has 0 aliphatic heterocycles. The molecule has 0 radical (unpaired) electrons. The summed E-state index contributed by atoms with van der Waals surface area (Å²) in [4.78, 5) is 7.31. The molecule has 0 bridgehead atoms. The van der Waals surface area contributed by atoms with Crippen LogP contribution in [0, 0.1) is 13.5 Å². The Labute approximate surface area is 89.0 Å². The molecular weight excluding hydrogens is 184 g/mol. The fourth-order valence-electron chi connectivity index (χ4n) is 1.45. The van der Waals surface area contributed by atoms with Crippen molar-refractivity contribution >= 4 is 5.82 Å². The van der Waals surface area contributed by atoms with Crippen LogP contribution in [-0.4, -0.2) is 4.98 Å². The smallest absolute Gasteiger partial charge is 0.269 e. The number of hydrogen-bond donors (Lipinski definition) is 0. The molecule has 1 heterocycles. The minimum Gasteiger partial charge on any atom is -0.361 e. The highest BCUT2D eigenvalue weighted by Crippen LogP contribution is 2.21. The van der Waals surface area contributed by atoms with Crippen molar-refractivity contribution in [3.8, 4) is 11.1 Å². The number of hydrogen-bond acceptors (Lipinski definition) is 1. The van der Waals surface area contributed by atoms with Gasteiger partial charge in [0, 0.05) is 5.56 Å². The largest absolute Gasteiger partial charge is 0.361 e. The van der Waals surface area contributed by atoms with E-state index >= 15 is 0 Å². The van der Waals surface area contributed by atoms with E-state index < -0.39 is 0 Å². The van der Waals surface area contributed by atoms with Crippen LogP contribution in [-0.2, 0) is 0 Å². The van der Waals surface area contributed by atoms with Gasteiger partial charge in [-0.15, -0.1) is 4.98 Å². The highest BCUT2D eigenvalue weighted by molar-refractivity contribution is 5.64. The lowest BCUT2D eigenvalue weighted by Crippen LogP contribution is -1.80. The third kappa shape index (κ3) is 2.03. The summed E-state index contributed by atoms with van der Waals surface area (Å²) in [6.07, 6.45) is 1.74. The summed E-state index contributed by atoms with van der Waals surface area (Å²) in [6.45, 7) is 8.88. The van der Waals surface area contributed by atoms with Crippen LogP contribution in [0.3, 0.4) is 0 Å². The van der Waals surface area contributed by atoms with Crippen molar-refractivity contribution in [2.75, 3.05) is 0 Å². The minimum atomic E-state index is 0.436. The van der Waals surface area contributed by atoms with Gasteiger partial charge < -0.3 is 4.85 Å². The Morgan fingerprint density at radius 1 is 1.13 bits per heavy atom. The first kappa shape index (κ1) is 9.42. The lowest BCUT2D eigenvalue weighted by Gasteiger charge is -2.00. The second-order valence-corrected chi connectivity index (χ2v) is 3.39. The summed E-state index contributed by atoms with van der Waals surface area (Å²) in [5, 5.41) is 0. The Morgan fingerprint density at radius 3 is 2.60 bits per heavy atom. The third-order valence-electron chi connectivity index (χ3n) is 2.21. The monoisotopic (exact) mass is 194 g/mol. The molecule has 0 fully saturated rings. The molecule has 0 aliphatic carbocycles. The Morgan fingerprint density at radius 2 is 2.00 bits per heavy atom. The van der Waals surface area contributed by atoms with E-state index in [0.29, 0.717) is 5.82 Å². The van der Waals surface area contributed by atoms with Crippen LogP contribution in [0.15, 0.2) is 42.6 Å². The topological polar surface area (TPSA) is 17.2 Å². The van der Waals surface area contributed by atoms with Gasteiger partial charge in [-0.3, -0.25) is 0 Å². The second kappa shape index (κ2) is 3.93. The number of benzene rings is 1. The first-order valence-corrected chi connectivity index (χ1v) is 4.70. The van der Waals surface area contributed by atoms with E-state index in [4.69, 9.17) is 6.57 Å². The van der Waals surface area contributed by atoms with E-state index in [1.807, 2.05) is 18.2 Å². The summed E-state index contributed by atoms with van der Waals surface area (Å²) < 4.78 is 0. The molecule has 0 atom stereocenters. The van der Waals surface area contributed by atoms with Crippen LogP contribution >= 0.6 is 0 Å². The quantitative estimate of drug-likeness (QED) is 0.634. The minimum absolute atomic E-state index is 0.436. The van der Waals surface area contributed by atoms with Gasteiger partial charge in [-0.2, -0.15) is 0 Å². The van der Waals surface area contributed by atoms with Crippen LogP contribution < -0.4 is 0 Å². The van der Waals surface area contributed by atoms with Gasteiger partial charge in [0.25, 0.3) is 5.82 Å². The Hall–Kier alpha value is -2.14. The van der Waals surface area contributed by atoms with Crippen LogP contribution in [0.5, 0.6) is 0 Å². The lowest BCUT2D eigenvalue weighted by molar-refractivity contribution is 1.35. The zero-order valence-electron chi connectivity index (χ0n) is 8.44. The average molecular weight is 194 g/mol. The van der Waals surface area contributed by atoms with Gasteiger partial charge in [0.15, 0.2) is 0 Å². The predicted molar refractivity (Wildman–Crippen MR) is 60.7 cm³/mol. The summed E-state index contributed by atoms with van der Waals surface area (Å²) in [6, 6.07) is 11.9. The van der Waals surface area contributed by atoms with Gasteiger partial charge in [0.1, 0.15) is 6.20 Å². The molecule has 2 nitrogen and oxygen atoms in total. The van der Waals surface area contributed by atoms with Gasteiger partial charge >= 0.3 is 0 Å². The summed E-state index contributed by atoms with van der Waals surface area (Å²) in [7, 11) is 0. The Bertz CT molecular complexity index is 507. The van der Waals surface area contributed by atoms with Crippen LogP contribution in [0.4, 0.5) is 5.82 Å². The van der Waals surface area contributed by atoms with Crippen molar-refractivity contribution in [1.82, 2.24) is 4.98 Å². The summed E-state index contributed by atoms with van der Waals surface area (Å²) in [5.41, 5.74) is 3.41. The number of pyridine rings is 1. The van der Waals surface area contributed by atoms with Crippen molar-refractivity contribution in [2.45, 2.75) is 6.92 Å². The van der Waals surface area contributed by atoms with Crippen molar-refractivity contribution in [3.05, 3.63) is 59.6 Å². The second-order valence-electron chi connectivity index (χ2n) is 3.39. The van der Waals surface area contributed by atoms with Crippen LogP contribution in [0.25, 0.3) is 16.0 Å². The predicted octanol–water partition coefficient (Wildman–Crippen LogP) is 3.61. The van der Waals surface area contributed by atoms with Gasteiger partial charge in [-0.25, -0.2) is 0 Å². The molecule has 1 aromatic heterocycles. The number of nitrogens with zero attached hydrogens (tertiary/aromatic N) is 2. The highest BCUT2D eigenvalue weighted by Gasteiger charge is 2.00. The van der Waals surface area contributed by atoms with Gasteiger partial charge in [0.05, 0.1) is 0 Å². The standard InChI is InChI=1S/C13H10N2/c1-10-4-3-5-11(8-10)12-6-7-13(14-2)15-9-12/h3-9H,1H3. The molecule has 2 rings (SSSR count). The molecule has 15 heavy (non-hydrogen) atoms. The molecule has 2 heteroatoms. The zero-order valence-corrected chi connectivity index (χ0v) is 8.44. The molecule has 0 unspecified atom stereocenters. The normalized spacial score (nSPS) is 9.60. The molecule has 0 amide bonds. The lowest BCUT2D eigenvalue weighted by atomic mass is 10.1. The Balaban J connectivity index is 2.42. The van der Waals surface area contributed by atoms with Crippen molar-refractivity contribution < 1.29 is 0 Å². The van der Waals surface area contributed by atoms with E-state index in [9.17, 15) is 0 Å². The third-order valence-corrected chi connectivity index (χ3v) is 2.21. The first-order chi connectivity index (χ1) is 7.29. The van der Waals surface area contributed by atoms with E-state index in [0.717, 1.165) is 11.1 Å². The van der Waals surface area contributed by atoms with Crippen LogP contribution in [0.1, 0.15) is 5.56 Å². The SMILES string of the molecule is [C-]#[N+]c1ccc(-c2cccc(C)c2)cn1. The van der Waals surface area contributed by atoms with Crippen molar-refractivity contribution in [3.63, 3.8) is 0 Å². The van der Waals surface area contributed by atoms with Gasteiger partial charge in [0.2, 0.25) is 0 Å². The maximum atomic E-state index is 6.82. The molecule has 0 aliphatic rings. The number of aromatic nitrogens is 1. The molecule has 0 spiro atoms. The van der Waals surface area contributed by atoms with E-state index in [1.165, 1.54) is 5.56 Å². The van der Waals surface area contributed by atoms with E-state index in [1.54, 1.807) is 12.3 Å². The van der Waals surface area contributed by atoms with Gasteiger partial charge in [-0.1, -0.05) is 42.5 Å². The number of rotatable bonds is 1. The molecule has 0 saturated carbocycles. The van der Waals surface area contributed by atoms with E-state index in [2.05, 4.69) is 28.9 Å². The number of aryl methyl sites for hydroxylation is 1. The Kier molecular flexibility index (Phi) is 2.47. The molecule has 0 saturated heterocycles. The van der Waals surface area contributed by atoms with Gasteiger partial charge in [-0.05, 0) is 18.6 Å². The summed E-state index contributed by atoms with van der Waals surface area (Å²) >= 11 is 0. The fraction of sp³-hybridized carbons (Fsp3) is 0.0769. The van der Waals surface area contributed by atoms with Crippen molar-refractivity contribution in [1.29, 1.82) is 0 Å². The van der Waals surface area contributed by atoms with Crippen LogP contribution in [0.2, 0.25) is 0 Å². The maximum Gasteiger partial charge on any atom is 0.269 e. The molecule has 72 valence electrons. The van der Waals surface area contributed by atoms with E-state index in [-0.39, 0.29) is 0 Å².